The summed E-state index contributed by atoms with van der Waals surface area (Å²) in [5.74, 6) is 0. The standard InChI is InChI=1S/C13H19Br/c1-10-7-8-13(9-11(10)2)6-4-5-12(3)14/h7-9,12H,4-6H2,1-3H3. The second-order valence-corrected chi connectivity index (χ2v) is 5.65. The van der Waals surface area contributed by atoms with Crippen molar-refractivity contribution < 1.29 is 0 Å². The molecule has 1 aromatic rings. The van der Waals surface area contributed by atoms with E-state index in [2.05, 4.69) is 54.9 Å². The Morgan fingerprint density at radius 1 is 1.21 bits per heavy atom. The van der Waals surface area contributed by atoms with E-state index in [1.165, 1.54) is 36.0 Å². The van der Waals surface area contributed by atoms with Crippen molar-refractivity contribution in [3.8, 4) is 0 Å². The van der Waals surface area contributed by atoms with E-state index in [0.29, 0.717) is 4.83 Å². The van der Waals surface area contributed by atoms with E-state index in [1.807, 2.05) is 0 Å². The maximum atomic E-state index is 3.57. The van der Waals surface area contributed by atoms with Crippen molar-refractivity contribution in [1.29, 1.82) is 0 Å². The Morgan fingerprint density at radius 3 is 2.50 bits per heavy atom. The number of hydrogen-bond acceptors (Lipinski definition) is 0. The second kappa shape index (κ2) is 5.55. The van der Waals surface area contributed by atoms with Crippen molar-refractivity contribution >= 4 is 15.9 Å². The van der Waals surface area contributed by atoms with Crippen molar-refractivity contribution in [1.82, 2.24) is 0 Å². The smallest absolute Gasteiger partial charge is 0.0117 e. The average Bonchev–Trinajstić information content (AvgIpc) is 2.10. The SMILES string of the molecule is Cc1ccc(CCCC(C)Br)cc1C. The van der Waals surface area contributed by atoms with Gasteiger partial charge in [-0.25, -0.2) is 0 Å². The van der Waals surface area contributed by atoms with Gasteiger partial charge >= 0.3 is 0 Å². The average molecular weight is 255 g/mol. The number of benzene rings is 1. The molecule has 0 radical (unpaired) electrons. The summed E-state index contributed by atoms with van der Waals surface area (Å²) in [6, 6.07) is 6.79. The van der Waals surface area contributed by atoms with Gasteiger partial charge in [0.05, 0.1) is 0 Å². The van der Waals surface area contributed by atoms with Crippen molar-refractivity contribution in [2.24, 2.45) is 0 Å². The fourth-order valence-electron chi connectivity index (χ4n) is 1.55. The molecule has 0 aromatic heterocycles. The zero-order chi connectivity index (χ0) is 10.6. The van der Waals surface area contributed by atoms with Crippen LogP contribution in [0.4, 0.5) is 0 Å². The number of alkyl halides is 1. The normalized spacial score (nSPS) is 12.9. The van der Waals surface area contributed by atoms with Crippen LogP contribution in [0.25, 0.3) is 0 Å². The summed E-state index contributed by atoms with van der Waals surface area (Å²) >= 11 is 3.57. The molecule has 0 saturated carbocycles. The van der Waals surface area contributed by atoms with Crippen molar-refractivity contribution in [3.63, 3.8) is 0 Å². The number of rotatable bonds is 4. The number of aryl methyl sites for hydroxylation is 3. The van der Waals surface area contributed by atoms with E-state index in [0.717, 1.165) is 0 Å². The Kier molecular flexibility index (Phi) is 4.67. The summed E-state index contributed by atoms with van der Waals surface area (Å²) < 4.78 is 0. The summed E-state index contributed by atoms with van der Waals surface area (Å²) in [4.78, 5) is 0.647. The lowest BCUT2D eigenvalue weighted by Gasteiger charge is -2.06. The molecule has 0 heterocycles. The summed E-state index contributed by atoms with van der Waals surface area (Å²) in [7, 11) is 0. The highest BCUT2D eigenvalue weighted by Crippen LogP contribution is 2.14. The number of halogens is 1. The van der Waals surface area contributed by atoms with Crippen LogP contribution >= 0.6 is 15.9 Å². The summed E-state index contributed by atoms with van der Waals surface area (Å²) in [5, 5.41) is 0. The first-order chi connectivity index (χ1) is 6.59. The molecule has 0 nitrogen and oxygen atoms in total. The predicted octanol–water partition coefficient (Wildman–Crippen LogP) is 4.41. The van der Waals surface area contributed by atoms with Crippen molar-refractivity contribution in [2.45, 2.75) is 44.9 Å². The lowest BCUT2D eigenvalue weighted by Crippen LogP contribution is -1.93. The largest absolute Gasteiger partial charge is 0.0894 e. The Bertz CT molecular complexity index is 289. The molecule has 0 N–H and O–H groups in total. The first-order valence-corrected chi connectivity index (χ1v) is 6.21. The van der Waals surface area contributed by atoms with E-state index in [-0.39, 0.29) is 0 Å². The molecular weight excluding hydrogens is 236 g/mol. The molecule has 0 aliphatic carbocycles. The molecule has 1 unspecified atom stereocenters. The highest BCUT2D eigenvalue weighted by Gasteiger charge is 1.99. The molecule has 0 spiro atoms. The topological polar surface area (TPSA) is 0 Å². The van der Waals surface area contributed by atoms with Gasteiger partial charge in [0.15, 0.2) is 0 Å². The van der Waals surface area contributed by atoms with Gasteiger partial charge in [0.2, 0.25) is 0 Å². The highest BCUT2D eigenvalue weighted by molar-refractivity contribution is 9.09. The molecule has 0 aliphatic rings. The minimum Gasteiger partial charge on any atom is -0.0894 e. The monoisotopic (exact) mass is 254 g/mol. The van der Waals surface area contributed by atoms with Crippen LogP contribution < -0.4 is 0 Å². The van der Waals surface area contributed by atoms with E-state index in [4.69, 9.17) is 0 Å². The lowest BCUT2D eigenvalue weighted by atomic mass is 10.0. The van der Waals surface area contributed by atoms with Crippen LogP contribution in [0.3, 0.4) is 0 Å². The van der Waals surface area contributed by atoms with Crippen LogP contribution in [-0.2, 0) is 6.42 Å². The summed E-state index contributed by atoms with van der Waals surface area (Å²) in [5.41, 5.74) is 4.28. The first kappa shape index (κ1) is 11.8. The molecule has 1 rings (SSSR count). The maximum absolute atomic E-state index is 3.57. The van der Waals surface area contributed by atoms with Crippen molar-refractivity contribution in [3.05, 3.63) is 34.9 Å². The van der Waals surface area contributed by atoms with Gasteiger partial charge in [0, 0.05) is 4.83 Å². The van der Waals surface area contributed by atoms with Gasteiger partial charge in [-0.2, -0.15) is 0 Å². The van der Waals surface area contributed by atoms with Gasteiger partial charge in [-0.3, -0.25) is 0 Å². The summed E-state index contributed by atoms with van der Waals surface area (Å²) in [6.07, 6.45) is 3.74. The van der Waals surface area contributed by atoms with Crippen molar-refractivity contribution in [2.75, 3.05) is 0 Å². The minimum atomic E-state index is 0.647. The van der Waals surface area contributed by atoms with Crippen LogP contribution in [0.5, 0.6) is 0 Å². The summed E-state index contributed by atoms with van der Waals surface area (Å²) in [6.45, 7) is 6.56. The van der Waals surface area contributed by atoms with Gasteiger partial charge in [-0.1, -0.05) is 41.1 Å². The van der Waals surface area contributed by atoms with E-state index in [1.54, 1.807) is 0 Å². The van der Waals surface area contributed by atoms with Gasteiger partial charge < -0.3 is 0 Å². The second-order valence-electron chi connectivity index (χ2n) is 4.09. The Labute approximate surface area is 95.9 Å². The molecule has 14 heavy (non-hydrogen) atoms. The van der Waals surface area contributed by atoms with Crippen LogP contribution in [0.15, 0.2) is 18.2 Å². The van der Waals surface area contributed by atoms with Gasteiger partial charge in [-0.15, -0.1) is 0 Å². The van der Waals surface area contributed by atoms with Crippen LogP contribution in [-0.4, -0.2) is 4.83 Å². The molecule has 0 saturated heterocycles. The molecule has 0 fully saturated rings. The fourth-order valence-corrected chi connectivity index (χ4v) is 1.87. The molecule has 78 valence electrons. The lowest BCUT2D eigenvalue weighted by molar-refractivity contribution is 0.736. The number of hydrogen-bond donors (Lipinski definition) is 0. The third kappa shape index (κ3) is 3.83. The zero-order valence-corrected chi connectivity index (χ0v) is 10.9. The zero-order valence-electron chi connectivity index (χ0n) is 9.31. The molecule has 0 amide bonds. The van der Waals surface area contributed by atoms with Gasteiger partial charge in [-0.05, 0) is 49.8 Å². The van der Waals surface area contributed by atoms with Gasteiger partial charge in [0.25, 0.3) is 0 Å². The molecular formula is C13H19Br. The molecule has 1 aromatic carbocycles. The molecule has 1 heteroatoms. The fraction of sp³-hybridized carbons (Fsp3) is 0.538. The Balaban J connectivity index is 2.47. The quantitative estimate of drug-likeness (QED) is 0.699. The molecule has 0 bridgehead atoms. The van der Waals surface area contributed by atoms with Crippen LogP contribution in [0, 0.1) is 13.8 Å². The van der Waals surface area contributed by atoms with E-state index < -0.39 is 0 Å². The first-order valence-electron chi connectivity index (χ1n) is 5.30. The highest BCUT2D eigenvalue weighted by atomic mass is 79.9. The van der Waals surface area contributed by atoms with Crippen LogP contribution in [0.1, 0.15) is 36.5 Å². The van der Waals surface area contributed by atoms with Crippen LogP contribution in [0.2, 0.25) is 0 Å². The van der Waals surface area contributed by atoms with E-state index in [9.17, 15) is 0 Å². The Hall–Kier alpha value is -0.300. The molecule has 0 aliphatic heterocycles. The predicted molar refractivity (Wildman–Crippen MR) is 67.2 cm³/mol. The minimum absolute atomic E-state index is 0.647. The van der Waals surface area contributed by atoms with Gasteiger partial charge in [0.1, 0.15) is 0 Å². The molecule has 1 atom stereocenters. The Morgan fingerprint density at radius 2 is 1.93 bits per heavy atom. The van der Waals surface area contributed by atoms with E-state index >= 15 is 0 Å². The maximum Gasteiger partial charge on any atom is 0.0117 e. The third-order valence-electron chi connectivity index (χ3n) is 2.64. The third-order valence-corrected chi connectivity index (χ3v) is 3.10.